The van der Waals surface area contributed by atoms with Gasteiger partial charge in [-0.25, -0.2) is 4.68 Å². The van der Waals surface area contributed by atoms with E-state index in [9.17, 15) is 0 Å². The molecule has 0 bridgehead atoms. The molecule has 3 rings (SSSR count). The van der Waals surface area contributed by atoms with Crippen LogP contribution in [0.4, 0.5) is 0 Å². The summed E-state index contributed by atoms with van der Waals surface area (Å²) < 4.78 is 13.1. The van der Waals surface area contributed by atoms with Gasteiger partial charge in [0.15, 0.2) is 0 Å². The standard InChI is InChI=1S/C23H23N3O2/c1-4-17(9-8-13-24)19-15-20(23(28-3)16-22(19)27-2)21-12-14-25-26(21)18-10-6-5-7-11-18/h4-16,24H,1-3H3/b9-8-,17-4+,24-13?. The molecule has 0 saturated carbocycles. The summed E-state index contributed by atoms with van der Waals surface area (Å²) in [5, 5.41) is 11.8. The number of hydrogen-bond donors (Lipinski definition) is 1. The first-order valence-electron chi connectivity index (χ1n) is 8.93. The van der Waals surface area contributed by atoms with Gasteiger partial charge >= 0.3 is 0 Å². The van der Waals surface area contributed by atoms with Crippen LogP contribution in [0.2, 0.25) is 0 Å². The smallest absolute Gasteiger partial charge is 0.131 e. The van der Waals surface area contributed by atoms with Crippen LogP contribution in [0.1, 0.15) is 12.5 Å². The monoisotopic (exact) mass is 373 g/mol. The van der Waals surface area contributed by atoms with Crippen molar-refractivity contribution in [1.82, 2.24) is 9.78 Å². The van der Waals surface area contributed by atoms with Gasteiger partial charge in [-0.3, -0.25) is 0 Å². The third-order valence-corrected chi connectivity index (χ3v) is 4.44. The molecule has 0 aliphatic heterocycles. The molecule has 1 aromatic heterocycles. The molecule has 0 amide bonds. The first-order chi connectivity index (χ1) is 13.7. The molecule has 0 atom stereocenters. The molecule has 0 aliphatic rings. The Morgan fingerprint density at radius 2 is 1.79 bits per heavy atom. The van der Waals surface area contributed by atoms with Crippen molar-refractivity contribution in [1.29, 1.82) is 5.41 Å². The zero-order valence-corrected chi connectivity index (χ0v) is 16.2. The number of benzene rings is 2. The number of nitrogens with one attached hydrogen (secondary N) is 1. The SMILES string of the molecule is C/C=C(\C=C/C=N)c1cc(-c2ccnn2-c2ccccc2)c(OC)cc1OC. The molecule has 5 nitrogen and oxygen atoms in total. The topological polar surface area (TPSA) is 60.1 Å². The third-order valence-electron chi connectivity index (χ3n) is 4.44. The first kappa shape index (κ1) is 19.2. The van der Waals surface area contributed by atoms with Gasteiger partial charge in [0.1, 0.15) is 11.5 Å². The number of para-hydroxylation sites is 1. The summed E-state index contributed by atoms with van der Waals surface area (Å²) in [5.74, 6) is 1.40. The highest BCUT2D eigenvalue weighted by Crippen LogP contribution is 2.39. The Hall–Kier alpha value is -3.60. The second-order valence-electron chi connectivity index (χ2n) is 5.99. The van der Waals surface area contributed by atoms with E-state index < -0.39 is 0 Å². The van der Waals surface area contributed by atoms with E-state index in [-0.39, 0.29) is 0 Å². The van der Waals surface area contributed by atoms with Crippen LogP contribution in [-0.4, -0.2) is 30.2 Å². The molecule has 142 valence electrons. The van der Waals surface area contributed by atoms with Crippen LogP contribution in [0.5, 0.6) is 11.5 Å². The number of methoxy groups -OCH3 is 2. The zero-order valence-electron chi connectivity index (χ0n) is 16.2. The van der Waals surface area contributed by atoms with Crippen molar-refractivity contribution >= 4 is 11.8 Å². The van der Waals surface area contributed by atoms with Crippen LogP contribution in [0.3, 0.4) is 0 Å². The van der Waals surface area contributed by atoms with Gasteiger partial charge in [-0.2, -0.15) is 5.10 Å². The molecule has 2 aromatic carbocycles. The summed E-state index contributed by atoms with van der Waals surface area (Å²) in [5.41, 5.74) is 4.66. The third kappa shape index (κ3) is 3.74. The summed E-state index contributed by atoms with van der Waals surface area (Å²) in [4.78, 5) is 0. The molecule has 5 heteroatoms. The van der Waals surface area contributed by atoms with Crippen LogP contribution in [-0.2, 0) is 0 Å². The Bertz CT molecular complexity index is 1020. The van der Waals surface area contributed by atoms with Crippen molar-refractivity contribution in [3.05, 3.63) is 78.5 Å². The van der Waals surface area contributed by atoms with E-state index in [0.717, 1.165) is 28.1 Å². The van der Waals surface area contributed by atoms with Gasteiger partial charge in [0.05, 0.1) is 31.8 Å². The van der Waals surface area contributed by atoms with Gasteiger partial charge in [-0.1, -0.05) is 30.4 Å². The summed E-state index contributed by atoms with van der Waals surface area (Å²) in [6, 6.07) is 15.9. The second kappa shape index (κ2) is 8.86. The van der Waals surface area contributed by atoms with E-state index in [1.165, 1.54) is 6.21 Å². The van der Waals surface area contributed by atoms with E-state index in [0.29, 0.717) is 11.5 Å². The van der Waals surface area contributed by atoms with Crippen LogP contribution in [0, 0.1) is 5.41 Å². The highest BCUT2D eigenvalue weighted by molar-refractivity contribution is 5.86. The van der Waals surface area contributed by atoms with Crippen LogP contribution in [0.25, 0.3) is 22.5 Å². The van der Waals surface area contributed by atoms with Gasteiger partial charge in [-0.15, -0.1) is 0 Å². The van der Waals surface area contributed by atoms with E-state index in [1.54, 1.807) is 26.5 Å². The maximum Gasteiger partial charge on any atom is 0.131 e. The summed E-state index contributed by atoms with van der Waals surface area (Å²) in [7, 11) is 3.28. The second-order valence-corrected chi connectivity index (χ2v) is 5.99. The molecule has 0 unspecified atom stereocenters. The summed E-state index contributed by atoms with van der Waals surface area (Å²) >= 11 is 0. The lowest BCUT2D eigenvalue weighted by Gasteiger charge is -2.16. The van der Waals surface area contributed by atoms with Crippen LogP contribution in [0.15, 0.2) is 73.0 Å². The number of allylic oxidation sites excluding steroid dienone is 4. The molecule has 0 spiro atoms. The molecule has 0 fully saturated rings. The van der Waals surface area contributed by atoms with E-state index >= 15 is 0 Å². The van der Waals surface area contributed by atoms with E-state index in [1.807, 2.05) is 72.3 Å². The predicted octanol–water partition coefficient (Wildman–Crippen LogP) is 5.17. The maximum absolute atomic E-state index is 7.27. The van der Waals surface area contributed by atoms with E-state index in [4.69, 9.17) is 14.9 Å². The highest BCUT2D eigenvalue weighted by Gasteiger charge is 2.17. The maximum atomic E-state index is 7.27. The minimum atomic E-state index is 0.699. The highest BCUT2D eigenvalue weighted by atomic mass is 16.5. The Balaban J connectivity index is 2.22. The molecule has 0 radical (unpaired) electrons. The number of rotatable bonds is 7. The predicted molar refractivity (Wildman–Crippen MR) is 114 cm³/mol. The van der Waals surface area contributed by atoms with Gasteiger partial charge < -0.3 is 14.9 Å². The first-order valence-corrected chi connectivity index (χ1v) is 8.93. The lowest BCUT2D eigenvalue weighted by molar-refractivity contribution is 0.394. The average Bonchev–Trinajstić information content (AvgIpc) is 3.24. The molecule has 0 saturated heterocycles. The molecule has 1 heterocycles. The quantitative estimate of drug-likeness (QED) is 0.459. The largest absolute Gasteiger partial charge is 0.496 e. The van der Waals surface area contributed by atoms with Crippen molar-refractivity contribution in [3.63, 3.8) is 0 Å². The summed E-state index contributed by atoms with van der Waals surface area (Å²) in [6.45, 7) is 1.96. The fourth-order valence-electron chi connectivity index (χ4n) is 3.10. The van der Waals surface area contributed by atoms with Gasteiger partial charge in [0.25, 0.3) is 0 Å². The van der Waals surface area contributed by atoms with Gasteiger partial charge in [0.2, 0.25) is 0 Å². The number of hydrogen-bond acceptors (Lipinski definition) is 4. The fraction of sp³-hybridized carbons (Fsp3) is 0.130. The average molecular weight is 373 g/mol. The van der Waals surface area contributed by atoms with Crippen LogP contribution >= 0.6 is 0 Å². The van der Waals surface area contributed by atoms with Crippen molar-refractivity contribution in [2.24, 2.45) is 0 Å². The fourth-order valence-corrected chi connectivity index (χ4v) is 3.10. The molecule has 28 heavy (non-hydrogen) atoms. The van der Waals surface area contributed by atoms with Crippen molar-refractivity contribution in [2.75, 3.05) is 14.2 Å². The molecular weight excluding hydrogens is 350 g/mol. The summed E-state index contributed by atoms with van der Waals surface area (Å²) in [6.07, 6.45) is 8.59. The Labute approximate surface area is 165 Å². The minimum Gasteiger partial charge on any atom is -0.496 e. The minimum absolute atomic E-state index is 0.699. The molecule has 1 N–H and O–H groups in total. The number of ether oxygens (including phenoxy) is 2. The molecular formula is C23H23N3O2. The van der Waals surface area contributed by atoms with Crippen LogP contribution < -0.4 is 9.47 Å². The number of nitrogens with zero attached hydrogens (tertiary/aromatic N) is 2. The van der Waals surface area contributed by atoms with Gasteiger partial charge in [-0.05, 0) is 42.8 Å². The van der Waals surface area contributed by atoms with Crippen molar-refractivity contribution < 1.29 is 9.47 Å². The van der Waals surface area contributed by atoms with Crippen molar-refractivity contribution in [2.45, 2.75) is 6.92 Å². The lowest BCUT2D eigenvalue weighted by Crippen LogP contribution is -2.01. The Morgan fingerprint density at radius 3 is 2.43 bits per heavy atom. The molecule has 0 aliphatic carbocycles. The van der Waals surface area contributed by atoms with E-state index in [2.05, 4.69) is 5.10 Å². The normalized spacial score (nSPS) is 11.6. The zero-order chi connectivity index (χ0) is 19.9. The Morgan fingerprint density at radius 1 is 1.04 bits per heavy atom. The van der Waals surface area contributed by atoms with Gasteiger partial charge in [0, 0.05) is 23.4 Å². The Kier molecular flexibility index (Phi) is 6.07. The lowest BCUT2D eigenvalue weighted by atomic mass is 9.98. The number of aromatic nitrogens is 2. The van der Waals surface area contributed by atoms with Crippen molar-refractivity contribution in [3.8, 4) is 28.4 Å². The molecule has 3 aromatic rings.